The van der Waals surface area contributed by atoms with Crippen molar-refractivity contribution in [1.29, 1.82) is 0 Å². The Morgan fingerprint density at radius 2 is 1.86 bits per heavy atom. The highest BCUT2D eigenvalue weighted by Crippen LogP contribution is 2.41. The van der Waals surface area contributed by atoms with Gasteiger partial charge in [-0.25, -0.2) is 12.8 Å². The lowest BCUT2D eigenvalue weighted by Crippen LogP contribution is -2.37. The average Bonchev–Trinajstić information content (AvgIpc) is 3.14. The fourth-order valence-electron chi connectivity index (χ4n) is 3.53. The summed E-state index contributed by atoms with van der Waals surface area (Å²) in [5, 5.41) is 0.326. The number of carbonyl (C=O) groups excluding carboxylic acids is 1. The van der Waals surface area contributed by atoms with Gasteiger partial charge in [-0.05, 0) is 42.0 Å². The Hall–Kier alpha value is -2.39. The Bertz CT molecular complexity index is 1050. The van der Waals surface area contributed by atoms with Gasteiger partial charge >= 0.3 is 0 Å². The summed E-state index contributed by atoms with van der Waals surface area (Å²) < 4.78 is 42.5. The lowest BCUT2D eigenvalue weighted by Gasteiger charge is -2.24. The van der Waals surface area contributed by atoms with Gasteiger partial charge in [-0.1, -0.05) is 23.9 Å². The average molecular weight is 435 g/mol. The summed E-state index contributed by atoms with van der Waals surface area (Å²) in [7, 11) is -1.56. The van der Waals surface area contributed by atoms with Crippen LogP contribution in [0.4, 0.5) is 10.1 Å². The van der Waals surface area contributed by atoms with Crippen molar-refractivity contribution in [1.82, 2.24) is 0 Å². The summed E-state index contributed by atoms with van der Waals surface area (Å²) in [5.74, 6) is 0.0586. The molecule has 6 nitrogen and oxygen atoms in total. The van der Waals surface area contributed by atoms with Crippen LogP contribution in [0.3, 0.4) is 0 Å². The Morgan fingerprint density at radius 1 is 1.17 bits per heavy atom. The molecular formula is C20H19FN2O4S2. The third-order valence-corrected chi connectivity index (χ3v) is 8.12. The minimum absolute atomic E-state index is 0.0296. The van der Waals surface area contributed by atoms with E-state index >= 15 is 0 Å². The molecule has 1 amide bonds. The first-order valence-electron chi connectivity index (χ1n) is 9.01. The van der Waals surface area contributed by atoms with Crippen molar-refractivity contribution in [2.24, 2.45) is 4.99 Å². The van der Waals surface area contributed by atoms with Gasteiger partial charge in [0, 0.05) is 10.9 Å². The maximum atomic E-state index is 13.1. The Labute approximate surface area is 172 Å². The molecule has 29 heavy (non-hydrogen) atoms. The number of methoxy groups -OCH3 is 1. The summed E-state index contributed by atoms with van der Waals surface area (Å²) in [4.78, 5) is 18.6. The molecular weight excluding hydrogens is 415 g/mol. The highest BCUT2D eigenvalue weighted by atomic mass is 32.2. The molecule has 2 heterocycles. The molecule has 0 saturated carbocycles. The normalized spacial score (nSPS) is 23.9. The zero-order valence-electron chi connectivity index (χ0n) is 15.6. The van der Waals surface area contributed by atoms with Crippen LogP contribution < -0.4 is 9.64 Å². The minimum Gasteiger partial charge on any atom is -0.497 e. The van der Waals surface area contributed by atoms with Crippen LogP contribution >= 0.6 is 11.8 Å². The third-order valence-electron chi connectivity index (χ3n) is 4.91. The zero-order chi connectivity index (χ0) is 20.6. The molecule has 0 bridgehead atoms. The molecule has 2 aromatic rings. The van der Waals surface area contributed by atoms with Crippen LogP contribution in [0.15, 0.2) is 53.5 Å². The zero-order valence-corrected chi connectivity index (χ0v) is 17.2. The summed E-state index contributed by atoms with van der Waals surface area (Å²) in [5.41, 5.74) is 1.43. The van der Waals surface area contributed by atoms with Crippen LogP contribution in [0, 0.1) is 5.82 Å². The van der Waals surface area contributed by atoms with E-state index in [-0.39, 0.29) is 40.9 Å². The van der Waals surface area contributed by atoms with Gasteiger partial charge in [0.1, 0.15) is 11.6 Å². The van der Waals surface area contributed by atoms with Gasteiger partial charge in [-0.2, -0.15) is 4.99 Å². The van der Waals surface area contributed by atoms with Crippen LogP contribution in [0.25, 0.3) is 0 Å². The SMILES string of the molecule is COc1ccc(N2C(=NC(=O)Cc3ccc(F)cc3)S[C@H]3CS(=O)(=O)C[C@H]32)cc1. The number of amides is 1. The maximum Gasteiger partial charge on any atom is 0.252 e. The van der Waals surface area contributed by atoms with Crippen LogP contribution in [0.1, 0.15) is 5.56 Å². The van der Waals surface area contributed by atoms with Gasteiger partial charge in [-0.15, -0.1) is 0 Å². The fourth-order valence-corrected chi connectivity index (χ4v) is 7.46. The highest BCUT2D eigenvalue weighted by molar-refractivity contribution is 8.16. The number of anilines is 1. The number of rotatable bonds is 4. The number of amidine groups is 1. The number of carbonyl (C=O) groups is 1. The largest absolute Gasteiger partial charge is 0.497 e. The van der Waals surface area contributed by atoms with Gasteiger partial charge < -0.3 is 9.64 Å². The summed E-state index contributed by atoms with van der Waals surface area (Å²) in [6.45, 7) is 0. The fraction of sp³-hybridized carbons (Fsp3) is 0.300. The number of halogens is 1. The van der Waals surface area contributed by atoms with Crippen LogP contribution in [0.5, 0.6) is 5.75 Å². The van der Waals surface area contributed by atoms with Gasteiger partial charge in [-0.3, -0.25) is 4.79 Å². The summed E-state index contributed by atoms with van der Waals surface area (Å²) in [6, 6.07) is 12.7. The molecule has 152 valence electrons. The maximum absolute atomic E-state index is 13.1. The second kappa shape index (κ2) is 7.79. The lowest BCUT2D eigenvalue weighted by molar-refractivity contribution is -0.117. The number of nitrogens with zero attached hydrogens (tertiary/aromatic N) is 2. The van der Waals surface area contributed by atoms with E-state index in [2.05, 4.69) is 4.99 Å². The van der Waals surface area contributed by atoms with E-state index in [1.807, 2.05) is 17.0 Å². The molecule has 0 spiro atoms. The second-order valence-electron chi connectivity index (χ2n) is 6.96. The first-order valence-corrected chi connectivity index (χ1v) is 11.7. The number of sulfone groups is 1. The van der Waals surface area contributed by atoms with Crippen LogP contribution in [0.2, 0.25) is 0 Å². The Balaban J connectivity index is 1.62. The number of benzene rings is 2. The topological polar surface area (TPSA) is 76.0 Å². The Morgan fingerprint density at radius 3 is 2.52 bits per heavy atom. The number of thioether (sulfide) groups is 1. The number of ether oxygens (including phenoxy) is 1. The molecule has 2 aliphatic rings. The van der Waals surface area contributed by atoms with Gasteiger partial charge in [0.15, 0.2) is 15.0 Å². The van der Waals surface area contributed by atoms with Gasteiger partial charge in [0.2, 0.25) is 0 Å². The van der Waals surface area contributed by atoms with E-state index in [1.54, 1.807) is 31.4 Å². The number of hydrogen-bond donors (Lipinski definition) is 0. The van der Waals surface area contributed by atoms with E-state index in [0.717, 1.165) is 5.69 Å². The first-order chi connectivity index (χ1) is 13.8. The molecule has 0 N–H and O–H groups in total. The van der Waals surface area contributed by atoms with Crippen LogP contribution in [-0.2, 0) is 21.1 Å². The summed E-state index contributed by atoms with van der Waals surface area (Å²) in [6.07, 6.45) is 0.0500. The van der Waals surface area contributed by atoms with Crippen molar-refractivity contribution in [2.45, 2.75) is 17.7 Å². The van der Waals surface area contributed by atoms with Gasteiger partial charge in [0.05, 0.1) is 31.1 Å². The molecule has 4 rings (SSSR count). The third kappa shape index (κ3) is 4.30. The molecule has 2 atom stereocenters. The van der Waals surface area contributed by atoms with Crippen molar-refractivity contribution >= 4 is 38.4 Å². The second-order valence-corrected chi connectivity index (χ2v) is 10.3. The predicted octanol–water partition coefficient (Wildman–Crippen LogP) is 2.68. The molecule has 0 aromatic heterocycles. The smallest absolute Gasteiger partial charge is 0.252 e. The van der Waals surface area contributed by atoms with E-state index in [4.69, 9.17) is 4.74 Å². The molecule has 2 fully saturated rings. The highest BCUT2D eigenvalue weighted by Gasteiger charge is 2.49. The van der Waals surface area contributed by atoms with Gasteiger partial charge in [0.25, 0.3) is 5.91 Å². The molecule has 2 aromatic carbocycles. The van der Waals surface area contributed by atoms with E-state index in [0.29, 0.717) is 16.5 Å². The standard InChI is InChI=1S/C20H19FN2O4S2/c1-27-16-8-6-15(7-9-16)23-17-11-29(25,26)12-18(17)28-20(23)22-19(24)10-13-2-4-14(21)5-3-13/h2-9,17-18H,10-12H2,1H3/t17-,18+/m1/s1. The van der Waals surface area contributed by atoms with Crippen molar-refractivity contribution in [3.8, 4) is 5.75 Å². The van der Waals surface area contributed by atoms with E-state index < -0.39 is 9.84 Å². The molecule has 9 heteroatoms. The molecule has 0 radical (unpaired) electrons. The van der Waals surface area contributed by atoms with Crippen molar-refractivity contribution in [3.63, 3.8) is 0 Å². The van der Waals surface area contributed by atoms with Crippen molar-refractivity contribution in [2.75, 3.05) is 23.5 Å². The van der Waals surface area contributed by atoms with E-state index in [1.165, 1.54) is 23.9 Å². The molecule has 0 aliphatic carbocycles. The lowest BCUT2D eigenvalue weighted by atomic mass is 10.1. The monoisotopic (exact) mass is 434 g/mol. The minimum atomic E-state index is -3.13. The summed E-state index contributed by atoms with van der Waals surface area (Å²) >= 11 is 1.32. The molecule has 2 aliphatic heterocycles. The molecule has 0 unspecified atom stereocenters. The number of hydrogen-bond acceptors (Lipinski definition) is 5. The number of aliphatic imine (C=N–C) groups is 1. The molecule has 2 saturated heterocycles. The first kappa shape index (κ1) is 19.9. The Kier molecular flexibility index (Phi) is 5.35. The van der Waals surface area contributed by atoms with Crippen molar-refractivity contribution in [3.05, 3.63) is 59.9 Å². The van der Waals surface area contributed by atoms with Crippen molar-refractivity contribution < 1.29 is 22.3 Å². The quantitative estimate of drug-likeness (QED) is 0.737. The van der Waals surface area contributed by atoms with E-state index in [9.17, 15) is 17.6 Å². The predicted molar refractivity (Wildman–Crippen MR) is 112 cm³/mol. The number of fused-ring (bicyclic) bond motifs is 1. The van der Waals surface area contributed by atoms with Crippen LogP contribution in [-0.4, -0.2) is 49.4 Å².